The van der Waals surface area contributed by atoms with Crippen molar-refractivity contribution in [1.29, 1.82) is 0 Å². The van der Waals surface area contributed by atoms with Crippen LogP contribution >= 0.6 is 34.0 Å². The van der Waals surface area contributed by atoms with Crippen LogP contribution in [0.5, 0.6) is 5.75 Å². The molecular formula is C47H37F3N6OS3. The third kappa shape index (κ3) is 11.2. The third-order valence-electron chi connectivity index (χ3n) is 8.61. The van der Waals surface area contributed by atoms with Crippen LogP contribution in [0.1, 0.15) is 5.56 Å². The number of para-hydroxylation sites is 3. The van der Waals surface area contributed by atoms with E-state index in [1.54, 1.807) is 61.7 Å². The van der Waals surface area contributed by atoms with Crippen LogP contribution in [0.4, 0.5) is 45.6 Å². The number of nitrogens with one attached hydrogen (secondary N) is 3. The average molecular weight is 855 g/mol. The van der Waals surface area contributed by atoms with E-state index in [0.29, 0.717) is 32.5 Å². The van der Waals surface area contributed by atoms with E-state index in [4.69, 9.17) is 4.74 Å². The first-order valence-corrected chi connectivity index (χ1v) is 21.1. The van der Waals surface area contributed by atoms with Crippen molar-refractivity contribution in [3.05, 3.63) is 191 Å². The molecule has 0 aliphatic carbocycles. The van der Waals surface area contributed by atoms with Crippen LogP contribution in [0.15, 0.2) is 168 Å². The minimum atomic E-state index is -0.296. The minimum Gasteiger partial charge on any atom is -0.497 e. The van der Waals surface area contributed by atoms with Crippen LogP contribution in [0, 0.1) is 24.4 Å². The Bertz CT molecular complexity index is 2770. The van der Waals surface area contributed by atoms with E-state index in [2.05, 4.69) is 37.0 Å². The maximum absolute atomic E-state index is 13.6. The predicted molar refractivity (Wildman–Crippen MR) is 243 cm³/mol. The number of aryl methyl sites for hydroxylation is 1. The standard InChI is InChI=1S/C16H13FN2OS.C16H13FN2S.C15H11FN2S/c1-20-12-6-4-5-11(9-12)15-10-21-16(19-15)18-14-8-3-2-7-13(14)17;1-11-5-4-6-12(9-11)15-10-20-16(19-15)18-14-8-3-2-7-13(14)17;16-12-8-4-5-9-13(12)17-15-18-14(10-19-15)11-6-2-1-3-7-11/h2-10H,1H3,(H,18,19);2-10H,1H3,(H,18,19);1-10H,(H,17,18). The van der Waals surface area contributed by atoms with Gasteiger partial charge in [-0.1, -0.05) is 103 Å². The monoisotopic (exact) mass is 854 g/mol. The molecule has 13 heteroatoms. The summed E-state index contributed by atoms with van der Waals surface area (Å²) in [5.41, 5.74) is 8.22. The summed E-state index contributed by atoms with van der Waals surface area (Å²) in [7, 11) is 1.63. The number of thiazole rings is 3. The van der Waals surface area contributed by atoms with Gasteiger partial charge in [0.15, 0.2) is 15.4 Å². The molecule has 60 heavy (non-hydrogen) atoms. The molecule has 3 heterocycles. The van der Waals surface area contributed by atoms with Crippen LogP contribution in [0.25, 0.3) is 33.8 Å². The fourth-order valence-corrected chi connectivity index (χ4v) is 7.82. The zero-order valence-corrected chi connectivity index (χ0v) is 34.7. The van der Waals surface area contributed by atoms with Gasteiger partial charge in [0, 0.05) is 32.8 Å². The molecule has 0 aliphatic rings. The molecule has 7 nitrogen and oxygen atoms in total. The smallest absolute Gasteiger partial charge is 0.187 e. The van der Waals surface area contributed by atoms with Gasteiger partial charge in [-0.3, -0.25) is 0 Å². The molecule has 0 atom stereocenters. The van der Waals surface area contributed by atoms with Gasteiger partial charge >= 0.3 is 0 Å². The summed E-state index contributed by atoms with van der Waals surface area (Å²) in [5.74, 6) is -0.0708. The Morgan fingerprint density at radius 3 is 1.25 bits per heavy atom. The highest BCUT2D eigenvalue weighted by Crippen LogP contribution is 2.31. The molecule has 3 N–H and O–H groups in total. The molecule has 0 saturated heterocycles. The lowest BCUT2D eigenvalue weighted by Gasteiger charge is -2.03. The number of ether oxygens (including phenoxy) is 1. The first kappa shape index (κ1) is 41.4. The van der Waals surface area contributed by atoms with Crippen molar-refractivity contribution in [2.75, 3.05) is 23.1 Å². The van der Waals surface area contributed by atoms with E-state index in [1.807, 2.05) is 95.9 Å². The minimum absolute atomic E-state index is 0.278. The summed E-state index contributed by atoms with van der Waals surface area (Å²) >= 11 is 4.36. The second-order valence-electron chi connectivity index (χ2n) is 12.9. The molecule has 9 rings (SSSR count). The maximum atomic E-state index is 13.6. The average Bonchev–Trinajstić information content (AvgIpc) is 4.07. The summed E-state index contributed by atoms with van der Waals surface area (Å²) in [6.45, 7) is 2.05. The van der Waals surface area contributed by atoms with Gasteiger partial charge in [0.1, 0.15) is 23.2 Å². The Hall–Kier alpha value is -6.80. The quantitative estimate of drug-likeness (QED) is 0.126. The molecule has 0 saturated carbocycles. The highest BCUT2D eigenvalue weighted by atomic mass is 32.1. The fraction of sp³-hybridized carbons (Fsp3) is 0.0426. The molecule has 0 bridgehead atoms. The van der Waals surface area contributed by atoms with Gasteiger partial charge in [-0.05, 0) is 61.5 Å². The van der Waals surface area contributed by atoms with Crippen LogP contribution in [-0.4, -0.2) is 22.1 Å². The summed E-state index contributed by atoms with van der Waals surface area (Å²) < 4.78 is 45.9. The third-order valence-corrected chi connectivity index (χ3v) is 10.9. The number of halogens is 3. The van der Waals surface area contributed by atoms with Crippen LogP contribution in [0.2, 0.25) is 0 Å². The molecule has 3 aromatic heterocycles. The Balaban J connectivity index is 0.000000136. The number of rotatable bonds is 10. The number of nitrogens with zero attached hydrogens (tertiary/aromatic N) is 3. The zero-order valence-electron chi connectivity index (χ0n) is 32.3. The zero-order chi connectivity index (χ0) is 41.7. The molecule has 0 fully saturated rings. The Morgan fingerprint density at radius 1 is 0.433 bits per heavy atom. The Morgan fingerprint density at radius 2 is 0.817 bits per heavy atom. The second kappa shape index (κ2) is 20.3. The van der Waals surface area contributed by atoms with Gasteiger partial charge in [0.05, 0.1) is 41.3 Å². The number of hydrogen-bond acceptors (Lipinski definition) is 10. The normalized spacial score (nSPS) is 10.4. The summed E-state index contributed by atoms with van der Waals surface area (Å²) in [6, 6.07) is 45.4. The number of anilines is 6. The van der Waals surface area contributed by atoms with E-state index < -0.39 is 0 Å². The topological polar surface area (TPSA) is 84.0 Å². The lowest BCUT2D eigenvalue weighted by Crippen LogP contribution is -1.92. The SMILES string of the molecule is COc1cccc(-c2csc(Nc3ccccc3F)n2)c1.Cc1cccc(-c2csc(Nc3ccccc3F)n2)c1.Fc1ccccc1Nc1nc(-c2ccccc2)cs1. The van der Waals surface area contributed by atoms with Crippen molar-refractivity contribution in [3.63, 3.8) is 0 Å². The maximum Gasteiger partial charge on any atom is 0.187 e. The predicted octanol–water partition coefficient (Wildman–Crippen LogP) is 14.4. The molecular weight excluding hydrogens is 818 g/mol. The number of hydrogen-bond donors (Lipinski definition) is 3. The van der Waals surface area contributed by atoms with Gasteiger partial charge in [0.2, 0.25) is 0 Å². The van der Waals surface area contributed by atoms with E-state index >= 15 is 0 Å². The largest absolute Gasteiger partial charge is 0.497 e. The summed E-state index contributed by atoms with van der Waals surface area (Å²) in [6.07, 6.45) is 0. The van der Waals surface area contributed by atoms with Crippen molar-refractivity contribution in [3.8, 4) is 39.5 Å². The van der Waals surface area contributed by atoms with Gasteiger partial charge in [0.25, 0.3) is 0 Å². The number of benzene rings is 6. The van der Waals surface area contributed by atoms with E-state index in [1.165, 1.54) is 57.8 Å². The van der Waals surface area contributed by atoms with Gasteiger partial charge in [-0.15, -0.1) is 34.0 Å². The van der Waals surface area contributed by atoms with Crippen LogP contribution < -0.4 is 20.7 Å². The molecule has 0 radical (unpaired) electrons. The van der Waals surface area contributed by atoms with Crippen molar-refractivity contribution >= 4 is 66.5 Å². The van der Waals surface area contributed by atoms with E-state index in [9.17, 15) is 13.2 Å². The molecule has 0 amide bonds. The van der Waals surface area contributed by atoms with E-state index in [0.717, 1.165) is 39.5 Å². The fourth-order valence-electron chi connectivity index (χ4n) is 5.62. The van der Waals surface area contributed by atoms with Crippen LogP contribution in [0.3, 0.4) is 0 Å². The highest BCUT2D eigenvalue weighted by Gasteiger charge is 2.10. The summed E-state index contributed by atoms with van der Waals surface area (Å²) in [4.78, 5) is 13.4. The number of aromatic nitrogens is 3. The van der Waals surface area contributed by atoms with Crippen molar-refractivity contribution in [1.82, 2.24) is 15.0 Å². The van der Waals surface area contributed by atoms with Gasteiger partial charge in [-0.2, -0.15) is 0 Å². The lowest BCUT2D eigenvalue weighted by molar-refractivity contribution is 0.415. The van der Waals surface area contributed by atoms with Crippen molar-refractivity contribution in [2.45, 2.75) is 6.92 Å². The van der Waals surface area contributed by atoms with Crippen molar-refractivity contribution in [2.24, 2.45) is 0 Å². The lowest BCUT2D eigenvalue weighted by atomic mass is 10.1. The van der Waals surface area contributed by atoms with Crippen molar-refractivity contribution < 1.29 is 17.9 Å². The van der Waals surface area contributed by atoms with Gasteiger partial charge < -0.3 is 20.7 Å². The first-order chi connectivity index (χ1) is 29.3. The molecule has 300 valence electrons. The Labute approximate surface area is 357 Å². The molecule has 0 unspecified atom stereocenters. The molecule has 0 aliphatic heterocycles. The van der Waals surface area contributed by atoms with E-state index in [-0.39, 0.29) is 17.5 Å². The highest BCUT2D eigenvalue weighted by molar-refractivity contribution is 7.14. The first-order valence-electron chi connectivity index (χ1n) is 18.5. The van der Waals surface area contributed by atoms with Crippen LogP contribution in [-0.2, 0) is 0 Å². The number of methoxy groups -OCH3 is 1. The molecule has 0 spiro atoms. The summed E-state index contributed by atoms with van der Waals surface area (Å²) in [5, 5.41) is 16.9. The Kier molecular flexibility index (Phi) is 14.0. The van der Waals surface area contributed by atoms with Gasteiger partial charge in [-0.25, -0.2) is 28.1 Å². The second-order valence-corrected chi connectivity index (χ2v) is 15.5. The molecule has 6 aromatic carbocycles. The molecule has 9 aromatic rings.